The van der Waals surface area contributed by atoms with Crippen molar-refractivity contribution < 1.29 is 23.9 Å². The largest absolute Gasteiger partial charge is 0.465 e. The van der Waals surface area contributed by atoms with Crippen LogP contribution in [0.15, 0.2) is 65.6 Å². The number of anilines is 1. The number of ether oxygens (including phenoxy) is 2. The standard InChI is InChI=1S/C23H21NO5S2/c1-14-17(22(26)28-2)21(31-18(14)23(27)29-3)24-20(25)19(15-10-6-4-7-11-15)30-16-12-8-5-9-13-16/h4-13,19H,1-3H3,(H,24,25)/t19-/m0/s1. The fraction of sp³-hybridized carbons (Fsp3) is 0.174. The van der Waals surface area contributed by atoms with Gasteiger partial charge in [-0.25, -0.2) is 9.59 Å². The molecule has 2 aromatic carbocycles. The normalized spacial score (nSPS) is 11.5. The average molecular weight is 456 g/mol. The number of benzene rings is 2. The van der Waals surface area contributed by atoms with Gasteiger partial charge in [0.15, 0.2) is 0 Å². The Morgan fingerprint density at radius 3 is 2.06 bits per heavy atom. The third kappa shape index (κ3) is 5.15. The Balaban J connectivity index is 1.98. The van der Waals surface area contributed by atoms with E-state index in [0.29, 0.717) is 5.56 Å². The summed E-state index contributed by atoms with van der Waals surface area (Å²) in [5.74, 6) is -1.53. The Kier molecular flexibility index (Phi) is 7.49. The van der Waals surface area contributed by atoms with E-state index in [9.17, 15) is 14.4 Å². The number of hydrogen-bond acceptors (Lipinski definition) is 7. The number of amides is 1. The number of carbonyl (C=O) groups is 3. The Morgan fingerprint density at radius 2 is 1.48 bits per heavy atom. The second kappa shape index (κ2) is 10.3. The molecule has 3 rings (SSSR count). The zero-order valence-corrected chi connectivity index (χ0v) is 18.8. The number of methoxy groups -OCH3 is 2. The van der Waals surface area contributed by atoms with Gasteiger partial charge in [0.1, 0.15) is 15.1 Å². The summed E-state index contributed by atoms with van der Waals surface area (Å²) in [7, 11) is 2.51. The van der Waals surface area contributed by atoms with Crippen LogP contribution in [0.5, 0.6) is 0 Å². The summed E-state index contributed by atoms with van der Waals surface area (Å²) in [6.07, 6.45) is 0. The zero-order chi connectivity index (χ0) is 22.4. The first-order chi connectivity index (χ1) is 15.0. The van der Waals surface area contributed by atoms with Gasteiger partial charge in [0.05, 0.1) is 19.8 Å². The highest BCUT2D eigenvalue weighted by Crippen LogP contribution is 2.39. The predicted octanol–water partition coefficient (Wildman–Crippen LogP) is 5.10. The molecule has 0 saturated carbocycles. The van der Waals surface area contributed by atoms with Crippen LogP contribution in [-0.2, 0) is 14.3 Å². The Bertz CT molecular complexity index is 1080. The topological polar surface area (TPSA) is 81.7 Å². The number of esters is 2. The van der Waals surface area contributed by atoms with E-state index >= 15 is 0 Å². The molecule has 0 aliphatic heterocycles. The second-order valence-electron chi connectivity index (χ2n) is 6.45. The predicted molar refractivity (Wildman–Crippen MR) is 122 cm³/mol. The van der Waals surface area contributed by atoms with Crippen molar-refractivity contribution in [3.8, 4) is 0 Å². The zero-order valence-electron chi connectivity index (χ0n) is 17.2. The van der Waals surface area contributed by atoms with Gasteiger partial charge < -0.3 is 14.8 Å². The molecular weight excluding hydrogens is 434 g/mol. The van der Waals surface area contributed by atoms with Crippen LogP contribution >= 0.6 is 23.1 Å². The van der Waals surface area contributed by atoms with Gasteiger partial charge in [-0.15, -0.1) is 23.1 Å². The minimum absolute atomic E-state index is 0.151. The van der Waals surface area contributed by atoms with E-state index in [1.807, 2.05) is 60.7 Å². The average Bonchev–Trinajstić information content (AvgIpc) is 3.13. The monoisotopic (exact) mass is 455 g/mol. The Labute approximate surface area is 188 Å². The summed E-state index contributed by atoms with van der Waals surface area (Å²) >= 11 is 2.39. The van der Waals surface area contributed by atoms with Crippen molar-refractivity contribution in [2.45, 2.75) is 17.1 Å². The summed E-state index contributed by atoms with van der Waals surface area (Å²) < 4.78 is 9.67. The van der Waals surface area contributed by atoms with E-state index in [-0.39, 0.29) is 21.3 Å². The van der Waals surface area contributed by atoms with E-state index < -0.39 is 17.2 Å². The van der Waals surface area contributed by atoms with Crippen molar-refractivity contribution >= 4 is 45.9 Å². The van der Waals surface area contributed by atoms with E-state index in [1.165, 1.54) is 26.0 Å². The lowest BCUT2D eigenvalue weighted by molar-refractivity contribution is -0.115. The SMILES string of the molecule is COC(=O)c1sc(NC(=O)[C@@H](Sc2ccccc2)c2ccccc2)c(C(=O)OC)c1C. The minimum atomic E-state index is -0.633. The van der Waals surface area contributed by atoms with E-state index in [2.05, 4.69) is 5.32 Å². The number of nitrogens with one attached hydrogen (secondary N) is 1. The van der Waals surface area contributed by atoms with Gasteiger partial charge in [-0.1, -0.05) is 48.5 Å². The van der Waals surface area contributed by atoms with Crippen molar-refractivity contribution in [1.29, 1.82) is 0 Å². The van der Waals surface area contributed by atoms with E-state index in [1.54, 1.807) is 6.92 Å². The molecule has 0 unspecified atom stereocenters. The molecule has 0 radical (unpaired) electrons. The van der Waals surface area contributed by atoms with Crippen LogP contribution in [0.2, 0.25) is 0 Å². The molecule has 0 bridgehead atoms. The lowest BCUT2D eigenvalue weighted by Gasteiger charge is -2.17. The lowest BCUT2D eigenvalue weighted by Crippen LogP contribution is -2.20. The van der Waals surface area contributed by atoms with Crippen LogP contribution in [-0.4, -0.2) is 32.1 Å². The van der Waals surface area contributed by atoms with Crippen molar-refractivity contribution in [2.24, 2.45) is 0 Å². The third-order valence-corrected chi connectivity index (χ3v) is 6.93. The highest BCUT2D eigenvalue weighted by Gasteiger charge is 2.29. The number of thioether (sulfide) groups is 1. The smallest absolute Gasteiger partial charge is 0.348 e. The molecule has 1 aromatic heterocycles. The molecule has 0 spiro atoms. The molecule has 0 fully saturated rings. The molecule has 8 heteroatoms. The molecule has 1 atom stereocenters. The van der Waals surface area contributed by atoms with Crippen LogP contribution in [0.25, 0.3) is 0 Å². The van der Waals surface area contributed by atoms with Gasteiger partial charge in [0.25, 0.3) is 0 Å². The minimum Gasteiger partial charge on any atom is -0.465 e. The molecule has 0 aliphatic carbocycles. The molecule has 1 heterocycles. The van der Waals surface area contributed by atoms with E-state index in [4.69, 9.17) is 9.47 Å². The maximum atomic E-state index is 13.3. The first-order valence-corrected chi connectivity index (χ1v) is 11.0. The highest BCUT2D eigenvalue weighted by atomic mass is 32.2. The summed E-state index contributed by atoms with van der Waals surface area (Å²) in [6.45, 7) is 1.62. The molecule has 3 aromatic rings. The Morgan fingerprint density at radius 1 is 0.903 bits per heavy atom. The summed E-state index contributed by atoms with van der Waals surface area (Å²) in [5, 5.41) is 2.52. The molecular formula is C23H21NO5S2. The van der Waals surface area contributed by atoms with Crippen LogP contribution in [0, 0.1) is 6.92 Å². The van der Waals surface area contributed by atoms with Crippen molar-refractivity contribution in [3.63, 3.8) is 0 Å². The third-order valence-electron chi connectivity index (χ3n) is 4.48. The number of carbonyl (C=O) groups excluding carboxylic acids is 3. The molecule has 1 amide bonds. The maximum absolute atomic E-state index is 13.3. The van der Waals surface area contributed by atoms with E-state index in [0.717, 1.165) is 21.8 Å². The van der Waals surface area contributed by atoms with Gasteiger partial charge in [0.2, 0.25) is 5.91 Å². The van der Waals surface area contributed by atoms with Gasteiger partial charge in [-0.3, -0.25) is 4.79 Å². The van der Waals surface area contributed by atoms with Gasteiger partial charge in [-0.05, 0) is 30.2 Å². The van der Waals surface area contributed by atoms with Gasteiger partial charge >= 0.3 is 11.9 Å². The van der Waals surface area contributed by atoms with Crippen molar-refractivity contribution in [3.05, 3.63) is 82.2 Å². The molecule has 0 saturated heterocycles. The number of hydrogen-bond donors (Lipinski definition) is 1. The number of thiophene rings is 1. The second-order valence-corrected chi connectivity index (χ2v) is 8.65. The van der Waals surface area contributed by atoms with Crippen LogP contribution < -0.4 is 5.32 Å². The first kappa shape index (κ1) is 22.6. The highest BCUT2D eigenvalue weighted by molar-refractivity contribution is 8.00. The van der Waals surface area contributed by atoms with Crippen LogP contribution in [0.1, 0.15) is 36.4 Å². The first-order valence-electron chi connectivity index (χ1n) is 9.33. The van der Waals surface area contributed by atoms with Crippen molar-refractivity contribution in [2.75, 3.05) is 19.5 Å². The molecule has 31 heavy (non-hydrogen) atoms. The molecule has 160 valence electrons. The lowest BCUT2D eigenvalue weighted by atomic mass is 10.1. The fourth-order valence-corrected chi connectivity index (χ4v) is 5.11. The van der Waals surface area contributed by atoms with Gasteiger partial charge in [0, 0.05) is 4.90 Å². The van der Waals surface area contributed by atoms with Crippen LogP contribution in [0.3, 0.4) is 0 Å². The molecule has 6 nitrogen and oxygen atoms in total. The quantitative estimate of drug-likeness (QED) is 0.394. The van der Waals surface area contributed by atoms with Crippen LogP contribution in [0.4, 0.5) is 5.00 Å². The van der Waals surface area contributed by atoms with Gasteiger partial charge in [-0.2, -0.15) is 0 Å². The van der Waals surface area contributed by atoms with Crippen molar-refractivity contribution in [1.82, 2.24) is 0 Å². The maximum Gasteiger partial charge on any atom is 0.348 e. The summed E-state index contributed by atoms with van der Waals surface area (Å²) in [4.78, 5) is 39.0. The summed E-state index contributed by atoms with van der Waals surface area (Å²) in [5.41, 5.74) is 1.37. The summed E-state index contributed by atoms with van der Waals surface area (Å²) in [6, 6.07) is 18.9. The number of rotatable bonds is 7. The fourth-order valence-electron chi connectivity index (χ4n) is 2.95. The molecule has 1 N–H and O–H groups in total. The Hall–Kier alpha value is -3.10. The molecule has 0 aliphatic rings.